The summed E-state index contributed by atoms with van der Waals surface area (Å²) in [6.45, 7) is 3.71. The molecule has 0 saturated heterocycles. The van der Waals surface area contributed by atoms with Crippen LogP contribution in [0.1, 0.15) is 54.4 Å². The predicted octanol–water partition coefficient (Wildman–Crippen LogP) is 1.10. The van der Waals surface area contributed by atoms with Crippen LogP contribution in [0.2, 0.25) is 0 Å². The number of nitrogens with one attached hydrogen (secondary N) is 1. The maximum atomic E-state index is 12.1. The third kappa shape index (κ3) is 5.10. The summed E-state index contributed by atoms with van der Waals surface area (Å²) in [7, 11) is 0. The van der Waals surface area contributed by atoms with Gasteiger partial charge < -0.3 is 15.5 Å². The fourth-order valence-electron chi connectivity index (χ4n) is 1.67. The van der Waals surface area contributed by atoms with Crippen molar-refractivity contribution >= 4 is 29.4 Å². The maximum absolute atomic E-state index is 12.1. The summed E-state index contributed by atoms with van der Waals surface area (Å²) in [4.78, 5) is 33.9. The molecule has 1 aromatic rings. The number of carbonyl (C=O) groups excluding carboxylic acids is 1. The van der Waals surface area contributed by atoms with Crippen LogP contribution in [0, 0.1) is 0 Å². The van der Waals surface area contributed by atoms with Crippen molar-refractivity contribution in [2.75, 3.05) is 0 Å². The van der Waals surface area contributed by atoms with E-state index in [0.29, 0.717) is 5.69 Å². The van der Waals surface area contributed by atoms with Gasteiger partial charge in [0.05, 0.1) is 5.69 Å². The van der Waals surface area contributed by atoms with Gasteiger partial charge in [-0.25, -0.2) is 4.79 Å². The summed E-state index contributed by atoms with van der Waals surface area (Å²) >= 11 is 0.908. The van der Waals surface area contributed by atoms with Crippen molar-refractivity contribution in [3.63, 3.8) is 0 Å². The standard InChI is InChI=1S/C12H17N3O5S/c1-6(2)9-10(21-15-14-9)11(18)13-7(12(19)20)4-3-5-8(16)17/h6-7H,3-5H2,1-2H3,(H,13,18)(H,16,17)(H,19,20)/t7-/m1/s1. The Kier molecular flexibility index (Phi) is 6.22. The van der Waals surface area contributed by atoms with Crippen LogP contribution in [-0.4, -0.2) is 43.7 Å². The molecule has 0 aromatic carbocycles. The molecule has 1 amide bonds. The number of aliphatic carboxylic acids is 2. The summed E-state index contributed by atoms with van der Waals surface area (Å²) in [6, 6.07) is -1.13. The summed E-state index contributed by atoms with van der Waals surface area (Å²) in [5, 5.41) is 23.9. The zero-order valence-corrected chi connectivity index (χ0v) is 12.5. The van der Waals surface area contributed by atoms with Gasteiger partial charge in [0, 0.05) is 6.42 Å². The number of carboxylic acid groups (broad SMARTS) is 2. The normalized spacial score (nSPS) is 12.1. The molecule has 9 heteroatoms. The Morgan fingerprint density at radius 1 is 1.29 bits per heavy atom. The number of nitrogens with zero attached hydrogens (tertiary/aromatic N) is 2. The first-order valence-corrected chi connectivity index (χ1v) is 7.18. The van der Waals surface area contributed by atoms with Crippen molar-refractivity contribution in [1.82, 2.24) is 14.9 Å². The molecule has 0 unspecified atom stereocenters. The molecule has 0 radical (unpaired) electrons. The Morgan fingerprint density at radius 3 is 2.48 bits per heavy atom. The summed E-state index contributed by atoms with van der Waals surface area (Å²) in [5.74, 6) is -2.74. The van der Waals surface area contributed by atoms with Gasteiger partial charge in [-0.15, -0.1) is 5.10 Å². The van der Waals surface area contributed by atoms with E-state index >= 15 is 0 Å². The molecule has 0 bridgehead atoms. The maximum Gasteiger partial charge on any atom is 0.326 e. The Balaban J connectivity index is 2.70. The number of amides is 1. The quantitative estimate of drug-likeness (QED) is 0.655. The van der Waals surface area contributed by atoms with Gasteiger partial charge in [-0.3, -0.25) is 9.59 Å². The van der Waals surface area contributed by atoms with Gasteiger partial charge in [0.25, 0.3) is 5.91 Å². The number of hydrogen-bond donors (Lipinski definition) is 3. The predicted molar refractivity (Wildman–Crippen MR) is 74.4 cm³/mol. The fourth-order valence-corrected chi connectivity index (χ4v) is 2.39. The molecule has 21 heavy (non-hydrogen) atoms. The molecule has 1 aromatic heterocycles. The topological polar surface area (TPSA) is 129 Å². The van der Waals surface area contributed by atoms with Crippen molar-refractivity contribution in [2.45, 2.75) is 45.1 Å². The lowest BCUT2D eigenvalue weighted by Gasteiger charge is -2.14. The highest BCUT2D eigenvalue weighted by Crippen LogP contribution is 2.19. The van der Waals surface area contributed by atoms with Gasteiger partial charge in [0.1, 0.15) is 10.9 Å². The molecule has 1 heterocycles. The van der Waals surface area contributed by atoms with Crippen LogP contribution in [0.15, 0.2) is 0 Å². The van der Waals surface area contributed by atoms with Crippen molar-refractivity contribution in [1.29, 1.82) is 0 Å². The highest BCUT2D eigenvalue weighted by Gasteiger charge is 2.24. The van der Waals surface area contributed by atoms with E-state index in [9.17, 15) is 14.4 Å². The third-order valence-corrected chi connectivity index (χ3v) is 3.49. The molecular formula is C12H17N3O5S. The Hall–Kier alpha value is -2.03. The zero-order chi connectivity index (χ0) is 16.0. The number of rotatable bonds is 8. The minimum atomic E-state index is -1.20. The van der Waals surface area contributed by atoms with E-state index in [2.05, 4.69) is 14.9 Å². The lowest BCUT2D eigenvalue weighted by Crippen LogP contribution is -2.40. The van der Waals surface area contributed by atoms with Crippen LogP contribution in [0.25, 0.3) is 0 Å². The molecule has 0 aliphatic carbocycles. The van der Waals surface area contributed by atoms with Crippen LogP contribution in [-0.2, 0) is 9.59 Å². The smallest absolute Gasteiger partial charge is 0.326 e. The first kappa shape index (κ1) is 17.0. The Labute approximate surface area is 125 Å². The van der Waals surface area contributed by atoms with Crippen molar-refractivity contribution < 1.29 is 24.6 Å². The molecule has 3 N–H and O–H groups in total. The molecule has 0 spiro atoms. The molecule has 0 aliphatic heterocycles. The average Bonchev–Trinajstić information content (AvgIpc) is 2.86. The van der Waals surface area contributed by atoms with E-state index in [1.54, 1.807) is 0 Å². The number of carbonyl (C=O) groups is 3. The number of carboxylic acids is 2. The van der Waals surface area contributed by atoms with Gasteiger partial charge in [-0.2, -0.15) is 0 Å². The van der Waals surface area contributed by atoms with E-state index in [1.807, 2.05) is 13.8 Å². The van der Waals surface area contributed by atoms with Crippen LogP contribution in [0.5, 0.6) is 0 Å². The second kappa shape index (κ2) is 7.67. The van der Waals surface area contributed by atoms with E-state index in [0.717, 1.165) is 11.5 Å². The SMILES string of the molecule is CC(C)c1nnsc1C(=O)N[C@H](CCCC(=O)O)C(=O)O. The van der Waals surface area contributed by atoms with Crippen molar-refractivity contribution in [3.8, 4) is 0 Å². The van der Waals surface area contributed by atoms with Crippen LogP contribution in [0.4, 0.5) is 0 Å². The highest BCUT2D eigenvalue weighted by molar-refractivity contribution is 7.08. The molecule has 0 saturated carbocycles. The second-order valence-corrected chi connectivity index (χ2v) is 5.55. The second-order valence-electron chi connectivity index (χ2n) is 4.79. The van der Waals surface area contributed by atoms with Crippen LogP contribution in [0.3, 0.4) is 0 Å². The molecule has 0 aliphatic rings. The number of hydrogen-bond acceptors (Lipinski definition) is 6. The highest BCUT2D eigenvalue weighted by atomic mass is 32.1. The molecular weight excluding hydrogens is 298 g/mol. The summed E-state index contributed by atoms with van der Waals surface area (Å²) in [6.07, 6.45) is 0.0835. The molecule has 0 fully saturated rings. The molecule has 1 rings (SSSR count). The lowest BCUT2D eigenvalue weighted by atomic mass is 10.1. The molecule has 116 valence electrons. The van der Waals surface area contributed by atoms with E-state index < -0.39 is 23.9 Å². The van der Waals surface area contributed by atoms with Gasteiger partial charge >= 0.3 is 11.9 Å². The third-order valence-electron chi connectivity index (χ3n) is 2.75. The minimum Gasteiger partial charge on any atom is -0.481 e. The van der Waals surface area contributed by atoms with E-state index in [4.69, 9.17) is 10.2 Å². The molecule has 1 atom stereocenters. The first-order chi connectivity index (χ1) is 9.82. The van der Waals surface area contributed by atoms with Crippen molar-refractivity contribution in [3.05, 3.63) is 10.6 Å². The average molecular weight is 315 g/mol. The minimum absolute atomic E-state index is 0.000196. The van der Waals surface area contributed by atoms with Gasteiger partial charge in [0.15, 0.2) is 0 Å². The Morgan fingerprint density at radius 2 is 1.95 bits per heavy atom. The first-order valence-electron chi connectivity index (χ1n) is 6.40. The summed E-state index contributed by atoms with van der Waals surface area (Å²) < 4.78 is 3.71. The van der Waals surface area contributed by atoms with Gasteiger partial charge in [0.2, 0.25) is 0 Å². The van der Waals surface area contributed by atoms with Gasteiger partial charge in [-0.05, 0) is 30.3 Å². The van der Waals surface area contributed by atoms with E-state index in [1.165, 1.54) is 0 Å². The number of aromatic nitrogens is 2. The largest absolute Gasteiger partial charge is 0.481 e. The fraction of sp³-hybridized carbons (Fsp3) is 0.583. The van der Waals surface area contributed by atoms with Crippen molar-refractivity contribution in [2.24, 2.45) is 0 Å². The van der Waals surface area contributed by atoms with E-state index in [-0.39, 0.29) is 30.1 Å². The summed E-state index contributed by atoms with van der Waals surface area (Å²) in [5.41, 5.74) is 0.521. The lowest BCUT2D eigenvalue weighted by molar-refractivity contribution is -0.140. The van der Waals surface area contributed by atoms with Crippen LogP contribution >= 0.6 is 11.5 Å². The Bertz CT molecular complexity index is 529. The van der Waals surface area contributed by atoms with Crippen LogP contribution < -0.4 is 5.32 Å². The zero-order valence-electron chi connectivity index (χ0n) is 11.7. The van der Waals surface area contributed by atoms with Gasteiger partial charge in [-0.1, -0.05) is 18.3 Å². The molecule has 8 nitrogen and oxygen atoms in total. The monoisotopic (exact) mass is 315 g/mol.